The van der Waals surface area contributed by atoms with Crippen LogP contribution >= 0.6 is 0 Å². The van der Waals surface area contributed by atoms with Gasteiger partial charge in [-0.05, 0) is 44.4 Å². The van der Waals surface area contributed by atoms with Crippen molar-refractivity contribution in [3.8, 4) is 0 Å². The van der Waals surface area contributed by atoms with Gasteiger partial charge < -0.3 is 9.47 Å². The highest BCUT2D eigenvalue weighted by molar-refractivity contribution is 5.75. The molecule has 0 aromatic carbocycles. The third-order valence-corrected chi connectivity index (χ3v) is 7.31. The molecule has 4 heteroatoms. The Morgan fingerprint density at radius 3 is 1.32 bits per heavy atom. The molecule has 1 saturated carbocycles. The molecule has 4 nitrogen and oxygen atoms in total. The van der Waals surface area contributed by atoms with E-state index in [1.54, 1.807) is 0 Å². The molecule has 200 valence electrons. The average Bonchev–Trinajstić information content (AvgIpc) is 2.83. The fourth-order valence-electron chi connectivity index (χ4n) is 4.92. The Balaban J connectivity index is 1.95. The summed E-state index contributed by atoms with van der Waals surface area (Å²) in [5, 5.41) is 0. The highest BCUT2D eigenvalue weighted by Crippen LogP contribution is 2.30. The lowest BCUT2D eigenvalue weighted by atomic mass is 9.82. The van der Waals surface area contributed by atoms with Crippen LogP contribution < -0.4 is 0 Å². The summed E-state index contributed by atoms with van der Waals surface area (Å²) in [5.41, 5.74) is 0. The van der Waals surface area contributed by atoms with Gasteiger partial charge in [0.2, 0.25) is 0 Å². The molecular weight excluding hydrogens is 424 g/mol. The lowest BCUT2D eigenvalue weighted by molar-refractivity contribution is -0.155. The molecule has 0 aromatic heterocycles. The summed E-state index contributed by atoms with van der Waals surface area (Å²) in [7, 11) is 0. The lowest BCUT2D eigenvalue weighted by Crippen LogP contribution is -2.28. The van der Waals surface area contributed by atoms with Gasteiger partial charge in [0.15, 0.2) is 0 Å². The second kappa shape index (κ2) is 21.2. The smallest absolute Gasteiger partial charge is 0.308 e. The van der Waals surface area contributed by atoms with Crippen molar-refractivity contribution in [1.82, 2.24) is 0 Å². The predicted octanol–water partition coefficient (Wildman–Crippen LogP) is 8.80. The van der Waals surface area contributed by atoms with Crippen molar-refractivity contribution in [2.45, 2.75) is 149 Å². The van der Waals surface area contributed by atoms with Gasteiger partial charge in [0.1, 0.15) is 0 Å². The molecule has 0 N–H and O–H groups in total. The van der Waals surface area contributed by atoms with Crippen LogP contribution in [0.2, 0.25) is 0 Å². The first kappa shape index (κ1) is 31.0. The van der Waals surface area contributed by atoms with Gasteiger partial charge in [-0.1, -0.05) is 111 Å². The van der Waals surface area contributed by atoms with Crippen LogP contribution in [-0.2, 0) is 19.1 Å². The Bertz CT molecular complexity index is 494. The SMILES string of the molecule is CCCCCCCCCOC(=O)C1CCC(C(=O)OCCCCCCCCCCC(C)C)CC1. The van der Waals surface area contributed by atoms with E-state index in [0.29, 0.717) is 13.2 Å². The molecule has 0 radical (unpaired) electrons. The zero-order chi connectivity index (χ0) is 24.9. The predicted molar refractivity (Wildman–Crippen MR) is 142 cm³/mol. The molecule has 0 heterocycles. The summed E-state index contributed by atoms with van der Waals surface area (Å²) in [4.78, 5) is 24.7. The maximum absolute atomic E-state index is 12.4. The molecule has 34 heavy (non-hydrogen) atoms. The zero-order valence-corrected chi connectivity index (χ0v) is 22.9. The van der Waals surface area contributed by atoms with Crippen LogP contribution in [0.5, 0.6) is 0 Å². The average molecular weight is 481 g/mol. The summed E-state index contributed by atoms with van der Waals surface area (Å²) >= 11 is 0. The number of carbonyl (C=O) groups excluding carboxylic acids is 2. The summed E-state index contributed by atoms with van der Waals surface area (Å²) in [6, 6.07) is 0. The Hall–Kier alpha value is -1.06. The summed E-state index contributed by atoms with van der Waals surface area (Å²) in [6.07, 6.45) is 23.1. The lowest BCUT2D eigenvalue weighted by Gasteiger charge is -2.26. The monoisotopic (exact) mass is 480 g/mol. The minimum absolute atomic E-state index is 0.0287. The van der Waals surface area contributed by atoms with E-state index in [1.165, 1.54) is 77.0 Å². The largest absolute Gasteiger partial charge is 0.465 e. The fourth-order valence-corrected chi connectivity index (χ4v) is 4.92. The molecule has 0 amide bonds. The highest BCUT2D eigenvalue weighted by Gasteiger charge is 2.31. The number of unbranched alkanes of at least 4 members (excludes halogenated alkanes) is 13. The van der Waals surface area contributed by atoms with Crippen molar-refractivity contribution in [1.29, 1.82) is 0 Å². The number of carbonyl (C=O) groups is 2. The second-order valence-electron chi connectivity index (χ2n) is 11.0. The first-order valence-electron chi connectivity index (χ1n) is 14.9. The Kier molecular flexibility index (Phi) is 19.3. The molecule has 0 aromatic rings. The van der Waals surface area contributed by atoms with Crippen LogP contribution in [0.15, 0.2) is 0 Å². The number of rotatable bonds is 21. The Morgan fingerprint density at radius 2 is 0.941 bits per heavy atom. The van der Waals surface area contributed by atoms with Gasteiger partial charge in [-0.2, -0.15) is 0 Å². The summed E-state index contributed by atoms with van der Waals surface area (Å²) in [5.74, 6) is 0.661. The minimum atomic E-state index is -0.0577. The number of ether oxygens (including phenoxy) is 2. The molecule has 0 spiro atoms. The Morgan fingerprint density at radius 1 is 0.588 bits per heavy atom. The maximum Gasteiger partial charge on any atom is 0.308 e. The quantitative estimate of drug-likeness (QED) is 0.122. The van der Waals surface area contributed by atoms with Crippen LogP contribution in [0.25, 0.3) is 0 Å². The Labute approximate surface area is 211 Å². The van der Waals surface area contributed by atoms with Crippen LogP contribution in [0.1, 0.15) is 149 Å². The van der Waals surface area contributed by atoms with Gasteiger partial charge in [0, 0.05) is 0 Å². The molecule has 1 fully saturated rings. The van der Waals surface area contributed by atoms with Gasteiger partial charge >= 0.3 is 11.9 Å². The van der Waals surface area contributed by atoms with Gasteiger partial charge in [-0.25, -0.2) is 0 Å². The molecule has 0 aliphatic heterocycles. The normalized spacial score (nSPS) is 18.2. The number of hydrogen-bond donors (Lipinski definition) is 0. The van der Waals surface area contributed by atoms with Crippen molar-refractivity contribution >= 4 is 11.9 Å². The standard InChI is InChI=1S/C30H56O4/c1-4-5-6-7-11-14-17-24-33-29(31)27-20-22-28(23-21-27)30(32)34-25-18-15-12-9-8-10-13-16-19-26(2)3/h26-28H,4-25H2,1-3H3. The molecule has 1 aliphatic carbocycles. The van der Waals surface area contributed by atoms with Crippen LogP contribution in [0.3, 0.4) is 0 Å². The van der Waals surface area contributed by atoms with E-state index in [4.69, 9.17) is 9.47 Å². The van der Waals surface area contributed by atoms with Gasteiger partial charge in [0.25, 0.3) is 0 Å². The topological polar surface area (TPSA) is 52.6 Å². The van der Waals surface area contributed by atoms with E-state index >= 15 is 0 Å². The molecule has 0 saturated heterocycles. The number of hydrogen-bond acceptors (Lipinski definition) is 4. The molecule has 0 unspecified atom stereocenters. The molecule has 1 aliphatic rings. The first-order chi connectivity index (χ1) is 16.5. The minimum Gasteiger partial charge on any atom is -0.465 e. The van der Waals surface area contributed by atoms with Crippen molar-refractivity contribution in [2.24, 2.45) is 17.8 Å². The van der Waals surface area contributed by atoms with Crippen molar-refractivity contribution in [2.75, 3.05) is 13.2 Å². The van der Waals surface area contributed by atoms with Crippen molar-refractivity contribution in [3.05, 3.63) is 0 Å². The summed E-state index contributed by atoms with van der Waals surface area (Å²) in [6.45, 7) is 7.93. The van der Waals surface area contributed by atoms with E-state index in [9.17, 15) is 9.59 Å². The van der Waals surface area contributed by atoms with Crippen molar-refractivity contribution < 1.29 is 19.1 Å². The fraction of sp³-hybridized carbons (Fsp3) is 0.933. The highest BCUT2D eigenvalue weighted by atomic mass is 16.5. The van der Waals surface area contributed by atoms with Crippen LogP contribution in [0.4, 0.5) is 0 Å². The van der Waals surface area contributed by atoms with Crippen molar-refractivity contribution in [3.63, 3.8) is 0 Å². The second-order valence-corrected chi connectivity index (χ2v) is 11.0. The third kappa shape index (κ3) is 16.5. The van der Waals surface area contributed by atoms with Crippen LogP contribution in [-0.4, -0.2) is 25.2 Å². The van der Waals surface area contributed by atoms with Gasteiger partial charge in [0.05, 0.1) is 25.0 Å². The van der Waals surface area contributed by atoms with E-state index in [1.807, 2.05) is 0 Å². The van der Waals surface area contributed by atoms with Gasteiger partial charge in [-0.3, -0.25) is 9.59 Å². The zero-order valence-electron chi connectivity index (χ0n) is 22.9. The molecule has 0 bridgehead atoms. The van der Waals surface area contributed by atoms with E-state index in [0.717, 1.165) is 57.3 Å². The molecular formula is C30H56O4. The summed E-state index contributed by atoms with van der Waals surface area (Å²) < 4.78 is 11.0. The van der Waals surface area contributed by atoms with Crippen LogP contribution in [0, 0.1) is 17.8 Å². The molecule has 0 atom stereocenters. The number of esters is 2. The van der Waals surface area contributed by atoms with E-state index < -0.39 is 0 Å². The van der Waals surface area contributed by atoms with E-state index in [2.05, 4.69) is 20.8 Å². The maximum atomic E-state index is 12.4. The van der Waals surface area contributed by atoms with E-state index in [-0.39, 0.29) is 23.8 Å². The molecule has 1 rings (SSSR count). The van der Waals surface area contributed by atoms with Gasteiger partial charge in [-0.15, -0.1) is 0 Å². The first-order valence-corrected chi connectivity index (χ1v) is 14.9. The third-order valence-electron chi connectivity index (χ3n) is 7.31.